The zero-order chi connectivity index (χ0) is 8.77. The molecule has 1 unspecified atom stereocenters. The summed E-state index contributed by atoms with van der Waals surface area (Å²) < 4.78 is 0. The number of rotatable bonds is 1. The maximum absolute atomic E-state index is 2.48. The Morgan fingerprint density at radius 1 is 1.17 bits per heavy atom. The molecule has 2 fully saturated rings. The Morgan fingerprint density at radius 3 is 2.33 bits per heavy atom. The highest BCUT2D eigenvalue weighted by Gasteiger charge is 2.50. The lowest BCUT2D eigenvalue weighted by molar-refractivity contribution is 0.140. The van der Waals surface area contributed by atoms with Gasteiger partial charge in [-0.25, -0.2) is 0 Å². The fourth-order valence-electron chi connectivity index (χ4n) is 3.02. The van der Waals surface area contributed by atoms with Crippen LogP contribution in [-0.2, 0) is 0 Å². The van der Waals surface area contributed by atoms with Gasteiger partial charge in [0.15, 0.2) is 0 Å². The van der Waals surface area contributed by atoms with Gasteiger partial charge in [-0.05, 0) is 55.3 Å². The molecule has 0 nitrogen and oxygen atoms in total. The molecule has 0 aromatic rings. The average molecular weight is 166 g/mol. The minimum absolute atomic E-state index is 0.840. The molecule has 2 aliphatic carbocycles. The molecule has 0 bridgehead atoms. The van der Waals surface area contributed by atoms with E-state index in [2.05, 4.69) is 20.8 Å². The van der Waals surface area contributed by atoms with E-state index >= 15 is 0 Å². The van der Waals surface area contributed by atoms with Crippen molar-refractivity contribution >= 4 is 0 Å². The van der Waals surface area contributed by atoms with Gasteiger partial charge in [-0.15, -0.1) is 0 Å². The van der Waals surface area contributed by atoms with Gasteiger partial charge in [0, 0.05) is 0 Å². The van der Waals surface area contributed by atoms with E-state index in [-0.39, 0.29) is 0 Å². The van der Waals surface area contributed by atoms with Gasteiger partial charge in [0.2, 0.25) is 0 Å². The summed E-state index contributed by atoms with van der Waals surface area (Å²) in [5.74, 6) is 3.01. The molecule has 2 rings (SSSR count). The Morgan fingerprint density at radius 2 is 1.83 bits per heavy atom. The molecule has 12 heavy (non-hydrogen) atoms. The summed E-state index contributed by atoms with van der Waals surface area (Å²) in [7, 11) is 0. The third-order valence-electron chi connectivity index (χ3n) is 4.52. The van der Waals surface area contributed by atoms with Crippen molar-refractivity contribution in [1.29, 1.82) is 0 Å². The zero-order valence-corrected chi connectivity index (χ0v) is 8.77. The third kappa shape index (κ3) is 1.30. The van der Waals surface area contributed by atoms with Crippen molar-refractivity contribution in [3.8, 4) is 0 Å². The summed E-state index contributed by atoms with van der Waals surface area (Å²) in [5, 5.41) is 0. The van der Waals surface area contributed by atoms with E-state index in [1.807, 2.05) is 0 Å². The van der Waals surface area contributed by atoms with Crippen LogP contribution in [0.1, 0.15) is 52.9 Å². The number of hydrogen-bond donors (Lipinski definition) is 0. The highest BCUT2D eigenvalue weighted by Crippen LogP contribution is 2.61. The van der Waals surface area contributed by atoms with Crippen LogP contribution in [0.2, 0.25) is 0 Å². The predicted molar refractivity (Wildman–Crippen MR) is 53.0 cm³/mol. The van der Waals surface area contributed by atoms with Crippen molar-refractivity contribution in [2.75, 3.05) is 0 Å². The Hall–Kier alpha value is 0. The van der Waals surface area contributed by atoms with Crippen LogP contribution in [0.3, 0.4) is 0 Å². The van der Waals surface area contributed by atoms with E-state index in [9.17, 15) is 0 Å². The molecular formula is C12H22. The lowest BCUT2D eigenvalue weighted by atomic mass is 9.69. The van der Waals surface area contributed by atoms with Crippen molar-refractivity contribution in [1.82, 2.24) is 0 Å². The summed E-state index contributed by atoms with van der Waals surface area (Å²) in [5.41, 5.74) is 0.840. The van der Waals surface area contributed by atoms with Crippen LogP contribution in [0.5, 0.6) is 0 Å². The van der Waals surface area contributed by atoms with Crippen LogP contribution >= 0.6 is 0 Å². The van der Waals surface area contributed by atoms with Crippen LogP contribution in [-0.4, -0.2) is 0 Å². The van der Waals surface area contributed by atoms with Crippen LogP contribution in [0.4, 0.5) is 0 Å². The van der Waals surface area contributed by atoms with E-state index in [1.165, 1.54) is 25.7 Å². The second kappa shape index (κ2) is 2.75. The average Bonchev–Trinajstić information content (AvgIpc) is 2.76. The van der Waals surface area contributed by atoms with Crippen LogP contribution in [0, 0.1) is 23.2 Å². The van der Waals surface area contributed by atoms with Gasteiger partial charge in [-0.2, -0.15) is 0 Å². The first-order valence-corrected chi connectivity index (χ1v) is 5.64. The Kier molecular flexibility index (Phi) is 1.97. The first-order valence-electron chi connectivity index (χ1n) is 5.64. The van der Waals surface area contributed by atoms with E-state index in [0.717, 1.165) is 23.2 Å². The molecule has 0 N–H and O–H groups in total. The Balaban J connectivity index is 1.99. The van der Waals surface area contributed by atoms with Gasteiger partial charge in [0.25, 0.3) is 0 Å². The normalized spacial score (nSPS) is 39.0. The molecule has 2 saturated carbocycles. The maximum Gasteiger partial charge on any atom is -0.0269 e. The fraction of sp³-hybridized carbons (Fsp3) is 1.00. The van der Waals surface area contributed by atoms with Crippen molar-refractivity contribution < 1.29 is 0 Å². The molecule has 2 atom stereocenters. The standard InChI is InChI=1S/C12H22/c1-9(2)11-5-4-10(3)12(8-11)6-7-12/h9-11H,4-8H2,1-3H3/t10?,11-/m0/s1. The highest BCUT2D eigenvalue weighted by atomic mass is 14.6. The molecule has 0 saturated heterocycles. The van der Waals surface area contributed by atoms with Gasteiger partial charge in [-0.1, -0.05) is 20.8 Å². The summed E-state index contributed by atoms with van der Waals surface area (Å²) in [6, 6.07) is 0. The Labute approximate surface area is 76.7 Å². The monoisotopic (exact) mass is 166 g/mol. The van der Waals surface area contributed by atoms with Crippen LogP contribution in [0.15, 0.2) is 0 Å². The molecular weight excluding hydrogens is 144 g/mol. The van der Waals surface area contributed by atoms with Crippen molar-refractivity contribution in [3.63, 3.8) is 0 Å². The van der Waals surface area contributed by atoms with Crippen molar-refractivity contribution in [2.24, 2.45) is 23.2 Å². The number of hydrogen-bond acceptors (Lipinski definition) is 0. The molecule has 0 aliphatic heterocycles. The molecule has 0 heteroatoms. The molecule has 70 valence electrons. The van der Waals surface area contributed by atoms with Gasteiger partial charge >= 0.3 is 0 Å². The Bertz CT molecular complexity index is 165. The first kappa shape index (κ1) is 8.59. The van der Waals surface area contributed by atoms with Crippen molar-refractivity contribution in [3.05, 3.63) is 0 Å². The van der Waals surface area contributed by atoms with E-state index < -0.39 is 0 Å². The maximum atomic E-state index is 2.48. The van der Waals surface area contributed by atoms with Gasteiger partial charge in [0.1, 0.15) is 0 Å². The van der Waals surface area contributed by atoms with Gasteiger partial charge < -0.3 is 0 Å². The molecule has 0 aromatic heterocycles. The minimum Gasteiger partial charge on any atom is -0.0625 e. The smallest absolute Gasteiger partial charge is 0.0269 e. The second-order valence-corrected chi connectivity index (χ2v) is 5.55. The summed E-state index contributed by atoms with van der Waals surface area (Å²) >= 11 is 0. The lowest BCUT2D eigenvalue weighted by Gasteiger charge is -2.36. The fourth-order valence-corrected chi connectivity index (χ4v) is 3.02. The molecule has 0 aromatic carbocycles. The van der Waals surface area contributed by atoms with E-state index in [0.29, 0.717) is 0 Å². The molecule has 2 aliphatic rings. The third-order valence-corrected chi connectivity index (χ3v) is 4.52. The van der Waals surface area contributed by atoms with Gasteiger partial charge in [0.05, 0.1) is 0 Å². The largest absolute Gasteiger partial charge is 0.0625 e. The van der Waals surface area contributed by atoms with Crippen molar-refractivity contribution in [2.45, 2.75) is 52.9 Å². The quantitative estimate of drug-likeness (QED) is 0.555. The molecule has 0 amide bonds. The highest BCUT2D eigenvalue weighted by molar-refractivity contribution is 5.01. The topological polar surface area (TPSA) is 0 Å². The summed E-state index contributed by atoms with van der Waals surface area (Å²) in [6.45, 7) is 7.27. The van der Waals surface area contributed by atoms with E-state index in [1.54, 1.807) is 6.42 Å². The predicted octanol–water partition coefficient (Wildman–Crippen LogP) is 3.86. The first-order chi connectivity index (χ1) is 5.64. The van der Waals surface area contributed by atoms with Gasteiger partial charge in [-0.3, -0.25) is 0 Å². The lowest BCUT2D eigenvalue weighted by Crippen LogP contribution is -2.26. The SMILES string of the molecule is CC(C)[C@H]1CCC(C)C2(CC2)C1. The van der Waals surface area contributed by atoms with Crippen LogP contribution < -0.4 is 0 Å². The molecule has 0 heterocycles. The second-order valence-electron chi connectivity index (χ2n) is 5.55. The zero-order valence-electron chi connectivity index (χ0n) is 8.77. The summed E-state index contributed by atoms with van der Waals surface area (Å²) in [4.78, 5) is 0. The summed E-state index contributed by atoms with van der Waals surface area (Å²) in [6.07, 6.45) is 7.63. The minimum atomic E-state index is 0.840. The molecule has 0 radical (unpaired) electrons. The van der Waals surface area contributed by atoms with Crippen LogP contribution in [0.25, 0.3) is 0 Å². The van der Waals surface area contributed by atoms with E-state index in [4.69, 9.17) is 0 Å². The molecule has 1 spiro atoms.